The van der Waals surface area contributed by atoms with E-state index in [1.807, 2.05) is 19.1 Å². The standard InChI is InChI=1S/C8H10N2O/c1-6-3-4-8(10-9-6)5-7(2)11/h3-4H,5H2,1-2H3. The Kier molecular flexibility index (Phi) is 2.31. The van der Waals surface area contributed by atoms with Gasteiger partial charge in [-0.1, -0.05) is 0 Å². The maximum absolute atomic E-state index is 10.6. The molecule has 0 fully saturated rings. The lowest BCUT2D eigenvalue weighted by Crippen LogP contribution is -2.00. The zero-order valence-corrected chi connectivity index (χ0v) is 6.66. The molecule has 11 heavy (non-hydrogen) atoms. The molecule has 0 saturated carbocycles. The zero-order chi connectivity index (χ0) is 8.27. The Morgan fingerprint density at radius 2 is 2.18 bits per heavy atom. The summed E-state index contributed by atoms with van der Waals surface area (Å²) in [5, 5.41) is 7.68. The zero-order valence-electron chi connectivity index (χ0n) is 6.66. The maximum atomic E-state index is 10.6. The number of rotatable bonds is 2. The molecule has 0 aliphatic heterocycles. The van der Waals surface area contributed by atoms with Crippen molar-refractivity contribution in [2.75, 3.05) is 0 Å². The second kappa shape index (κ2) is 3.23. The Morgan fingerprint density at radius 3 is 2.64 bits per heavy atom. The van der Waals surface area contributed by atoms with Crippen LogP contribution < -0.4 is 0 Å². The summed E-state index contributed by atoms with van der Waals surface area (Å²) in [6, 6.07) is 3.68. The summed E-state index contributed by atoms with van der Waals surface area (Å²) in [5.41, 5.74) is 1.61. The van der Waals surface area contributed by atoms with Crippen LogP contribution in [-0.2, 0) is 11.2 Å². The van der Waals surface area contributed by atoms with E-state index >= 15 is 0 Å². The number of aromatic nitrogens is 2. The molecule has 1 aromatic rings. The number of nitrogens with zero attached hydrogens (tertiary/aromatic N) is 2. The van der Waals surface area contributed by atoms with Gasteiger partial charge in [0, 0.05) is 0 Å². The van der Waals surface area contributed by atoms with E-state index in [1.165, 1.54) is 0 Å². The minimum Gasteiger partial charge on any atom is -0.300 e. The highest BCUT2D eigenvalue weighted by Crippen LogP contribution is 1.96. The second-order valence-electron chi connectivity index (χ2n) is 2.54. The first-order valence-corrected chi connectivity index (χ1v) is 3.47. The molecule has 0 N–H and O–H groups in total. The normalized spacial score (nSPS) is 9.64. The van der Waals surface area contributed by atoms with E-state index in [9.17, 15) is 4.79 Å². The highest BCUT2D eigenvalue weighted by atomic mass is 16.1. The van der Waals surface area contributed by atoms with Gasteiger partial charge in [0.25, 0.3) is 0 Å². The molecule has 1 heterocycles. The van der Waals surface area contributed by atoms with Gasteiger partial charge >= 0.3 is 0 Å². The molecule has 0 aromatic carbocycles. The number of ketones is 1. The molecular weight excluding hydrogens is 140 g/mol. The van der Waals surface area contributed by atoms with Crippen molar-refractivity contribution in [2.45, 2.75) is 20.3 Å². The fourth-order valence-corrected chi connectivity index (χ4v) is 0.776. The van der Waals surface area contributed by atoms with Crippen molar-refractivity contribution in [3.8, 4) is 0 Å². The third-order valence-electron chi connectivity index (χ3n) is 1.28. The predicted molar refractivity (Wildman–Crippen MR) is 41.2 cm³/mol. The lowest BCUT2D eigenvalue weighted by molar-refractivity contribution is -0.116. The van der Waals surface area contributed by atoms with Crippen LogP contribution in [0, 0.1) is 6.92 Å². The van der Waals surface area contributed by atoms with E-state index in [0.717, 1.165) is 11.4 Å². The highest BCUT2D eigenvalue weighted by Gasteiger charge is 1.97. The van der Waals surface area contributed by atoms with Gasteiger partial charge in [0.1, 0.15) is 5.78 Å². The molecule has 3 heteroatoms. The summed E-state index contributed by atoms with van der Waals surface area (Å²) >= 11 is 0. The fourth-order valence-electron chi connectivity index (χ4n) is 0.776. The van der Waals surface area contributed by atoms with Crippen molar-refractivity contribution in [1.82, 2.24) is 10.2 Å². The van der Waals surface area contributed by atoms with Crippen LogP contribution >= 0.6 is 0 Å². The third-order valence-corrected chi connectivity index (χ3v) is 1.28. The van der Waals surface area contributed by atoms with Gasteiger partial charge in [-0.25, -0.2) is 0 Å². The van der Waals surface area contributed by atoms with Crippen LogP contribution in [0.3, 0.4) is 0 Å². The molecule has 0 atom stereocenters. The molecule has 0 saturated heterocycles. The molecule has 58 valence electrons. The topological polar surface area (TPSA) is 42.9 Å². The number of carbonyl (C=O) groups excluding carboxylic acids is 1. The summed E-state index contributed by atoms with van der Waals surface area (Å²) in [7, 11) is 0. The maximum Gasteiger partial charge on any atom is 0.135 e. The van der Waals surface area contributed by atoms with Crippen molar-refractivity contribution in [3.05, 3.63) is 23.5 Å². The smallest absolute Gasteiger partial charge is 0.135 e. The SMILES string of the molecule is CC(=O)Cc1ccc(C)nn1. The van der Waals surface area contributed by atoms with E-state index in [4.69, 9.17) is 0 Å². The van der Waals surface area contributed by atoms with Crippen molar-refractivity contribution in [3.63, 3.8) is 0 Å². The molecule has 0 aliphatic rings. The number of aryl methyl sites for hydroxylation is 1. The van der Waals surface area contributed by atoms with Crippen LogP contribution in [0.2, 0.25) is 0 Å². The monoisotopic (exact) mass is 150 g/mol. The second-order valence-corrected chi connectivity index (χ2v) is 2.54. The van der Waals surface area contributed by atoms with Crippen LogP contribution in [0.1, 0.15) is 18.3 Å². The molecule has 1 aromatic heterocycles. The minimum atomic E-state index is 0.114. The van der Waals surface area contributed by atoms with Gasteiger partial charge in [0.15, 0.2) is 0 Å². The van der Waals surface area contributed by atoms with Crippen LogP contribution in [0.5, 0.6) is 0 Å². The summed E-state index contributed by atoms with van der Waals surface area (Å²) in [6.07, 6.45) is 0.382. The Balaban J connectivity index is 2.74. The Labute approximate surface area is 65.5 Å². The van der Waals surface area contributed by atoms with Gasteiger partial charge in [0.2, 0.25) is 0 Å². The average molecular weight is 150 g/mol. The Morgan fingerprint density at radius 1 is 1.45 bits per heavy atom. The summed E-state index contributed by atoms with van der Waals surface area (Å²) in [5.74, 6) is 0.114. The molecule has 3 nitrogen and oxygen atoms in total. The molecule has 0 amide bonds. The third kappa shape index (κ3) is 2.45. The number of hydrogen-bond acceptors (Lipinski definition) is 3. The lowest BCUT2D eigenvalue weighted by atomic mass is 10.2. The first-order valence-electron chi connectivity index (χ1n) is 3.47. The molecular formula is C8H10N2O. The summed E-state index contributed by atoms with van der Waals surface area (Å²) in [4.78, 5) is 10.6. The van der Waals surface area contributed by atoms with Crippen LogP contribution in [0.4, 0.5) is 0 Å². The van der Waals surface area contributed by atoms with Gasteiger partial charge in [0.05, 0.1) is 17.8 Å². The molecule has 0 radical (unpaired) electrons. The quantitative estimate of drug-likeness (QED) is 0.629. The number of hydrogen-bond donors (Lipinski definition) is 0. The van der Waals surface area contributed by atoms with Gasteiger partial charge in [-0.2, -0.15) is 10.2 Å². The first kappa shape index (κ1) is 7.85. The molecule has 0 unspecified atom stereocenters. The van der Waals surface area contributed by atoms with Gasteiger partial charge in [-0.3, -0.25) is 4.79 Å². The predicted octanol–water partition coefficient (Wildman–Crippen LogP) is 0.917. The van der Waals surface area contributed by atoms with Crippen molar-refractivity contribution in [1.29, 1.82) is 0 Å². The van der Waals surface area contributed by atoms with Gasteiger partial charge in [-0.05, 0) is 26.0 Å². The van der Waals surface area contributed by atoms with Crippen LogP contribution in [0.15, 0.2) is 12.1 Å². The fraction of sp³-hybridized carbons (Fsp3) is 0.375. The summed E-state index contributed by atoms with van der Waals surface area (Å²) < 4.78 is 0. The number of Topliss-reactive ketones (excluding diaryl/α,β-unsaturated/α-hetero) is 1. The molecule has 0 bridgehead atoms. The van der Waals surface area contributed by atoms with E-state index in [2.05, 4.69) is 10.2 Å². The van der Waals surface area contributed by atoms with Gasteiger partial charge in [-0.15, -0.1) is 0 Å². The van der Waals surface area contributed by atoms with Crippen molar-refractivity contribution < 1.29 is 4.79 Å². The van der Waals surface area contributed by atoms with E-state index in [-0.39, 0.29) is 5.78 Å². The minimum absolute atomic E-state index is 0.114. The van der Waals surface area contributed by atoms with Crippen LogP contribution in [0.25, 0.3) is 0 Å². The largest absolute Gasteiger partial charge is 0.300 e. The lowest BCUT2D eigenvalue weighted by Gasteiger charge is -1.94. The average Bonchev–Trinajstić information content (AvgIpc) is 1.93. The summed E-state index contributed by atoms with van der Waals surface area (Å²) in [6.45, 7) is 3.41. The van der Waals surface area contributed by atoms with Crippen molar-refractivity contribution >= 4 is 5.78 Å². The molecule has 0 aliphatic carbocycles. The van der Waals surface area contributed by atoms with Crippen molar-refractivity contribution in [2.24, 2.45) is 0 Å². The molecule has 0 spiro atoms. The van der Waals surface area contributed by atoms with Crippen LogP contribution in [-0.4, -0.2) is 16.0 Å². The Hall–Kier alpha value is -1.25. The van der Waals surface area contributed by atoms with Gasteiger partial charge < -0.3 is 0 Å². The highest BCUT2D eigenvalue weighted by molar-refractivity contribution is 5.77. The first-order chi connectivity index (χ1) is 5.18. The van der Waals surface area contributed by atoms with E-state index < -0.39 is 0 Å². The Bertz CT molecular complexity index is 253. The van der Waals surface area contributed by atoms with E-state index in [1.54, 1.807) is 6.92 Å². The van der Waals surface area contributed by atoms with E-state index in [0.29, 0.717) is 6.42 Å². The number of carbonyl (C=O) groups is 1. The molecule has 1 rings (SSSR count).